The first kappa shape index (κ1) is 11.5. The third-order valence-electron chi connectivity index (χ3n) is 3.55. The summed E-state index contributed by atoms with van der Waals surface area (Å²) in [7, 11) is 0. The van der Waals surface area contributed by atoms with Crippen LogP contribution in [0.1, 0.15) is 25.1 Å². The van der Waals surface area contributed by atoms with Crippen molar-refractivity contribution in [2.75, 3.05) is 18.4 Å². The number of imidazole rings is 1. The minimum atomic E-state index is 0.585. The summed E-state index contributed by atoms with van der Waals surface area (Å²) in [5.41, 5.74) is 3.35. The number of aromatic nitrogens is 2. The van der Waals surface area contributed by atoms with Gasteiger partial charge in [0.1, 0.15) is 5.82 Å². The van der Waals surface area contributed by atoms with E-state index in [1.165, 1.54) is 24.9 Å². The van der Waals surface area contributed by atoms with Crippen LogP contribution in [0.3, 0.4) is 0 Å². The van der Waals surface area contributed by atoms with E-state index < -0.39 is 0 Å². The maximum absolute atomic E-state index is 4.42. The van der Waals surface area contributed by atoms with Gasteiger partial charge in [-0.1, -0.05) is 0 Å². The molecule has 3 N–H and O–H groups in total. The van der Waals surface area contributed by atoms with Crippen molar-refractivity contribution in [2.45, 2.75) is 32.2 Å². The van der Waals surface area contributed by atoms with Crippen LogP contribution in [0.15, 0.2) is 18.2 Å². The number of nitrogens with one attached hydrogen (secondary N) is 3. The number of aryl methyl sites for hydroxylation is 1. The smallest absolute Gasteiger partial charge is 0.104 e. The predicted octanol–water partition coefficient (Wildman–Crippen LogP) is 2.43. The molecule has 0 bridgehead atoms. The molecular formula is C14H20N4. The van der Waals surface area contributed by atoms with Crippen molar-refractivity contribution in [3.63, 3.8) is 0 Å². The van der Waals surface area contributed by atoms with Gasteiger partial charge in [0.2, 0.25) is 0 Å². The molecule has 0 spiro atoms. The van der Waals surface area contributed by atoms with Gasteiger partial charge in [-0.2, -0.15) is 0 Å². The van der Waals surface area contributed by atoms with Gasteiger partial charge < -0.3 is 15.6 Å². The Morgan fingerprint density at radius 2 is 2.22 bits per heavy atom. The third kappa shape index (κ3) is 2.48. The molecule has 18 heavy (non-hydrogen) atoms. The molecule has 1 unspecified atom stereocenters. The molecule has 1 aromatic carbocycles. The zero-order valence-corrected chi connectivity index (χ0v) is 10.8. The van der Waals surface area contributed by atoms with Crippen molar-refractivity contribution < 1.29 is 0 Å². The first-order valence-electron chi connectivity index (χ1n) is 6.75. The highest BCUT2D eigenvalue weighted by Crippen LogP contribution is 2.19. The van der Waals surface area contributed by atoms with Crippen LogP contribution in [0, 0.1) is 6.92 Å². The topological polar surface area (TPSA) is 52.7 Å². The maximum atomic E-state index is 4.42. The summed E-state index contributed by atoms with van der Waals surface area (Å²) in [6.07, 6.45) is 3.69. The van der Waals surface area contributed by atoms with E-state index in [0.29, 0.717) is 6.04 Å². The zero-order chi connectivity index (χ0) is 12.4. The first-order valence-corrected chi connectivity index (χ1v) is 6.75. The van der Waals surface area contributed by atoms with Crippen LogP contribution in [-0.4, -0.2) is 29.1 Å². The molecular weight excluding hydrogens is 224 g/mol. The Morgan fingerprint density at radius 3 is 3.17 bits per heavy atom. The van der Waals surface area contributed by atoms with Crippen molar-refractivity contribution in [2.24, 2.45) is 0 Å². The maximum Gasteiger partial charge on any atom is 0.104 e. The Labute approximate surface area is 107 Å². The summed E-state index contributed by atoms with van der Waals surface area (Å²) in [5.74, 6) is 0.973. The molecule has 1 saturated heterocycles. The number of benzene rings is 1. The van der Waals surface area contributed by atoms with Gasteiger partial charge in [0.15, 0.2) is 0 Å². The van der Waals surface area contributed by atoms with E-state index in [-0.39, 0.29) is 0 Å². The number of rotatable bonds is 2. The van der Waals surface area contributed by atoms with Gasteiger partial charge in [0, 0.05) is 11.7 Å². The van der Waals surface area contributed by atoms with Crippen molar-refractivity contribution in [1.29, 1.82) is 0 Å². The van der Waals surface area contributed by atoms with Gasteiger partial charge in [-0.15, -0.1) is 0 Å². The van der Waals surface area contributed by atoms with Crippen LogP contribution >= 0.6 is 0 Å². The summed E-state index contributed by atoms with van der Waals surface area (Å²) in [6.45, 7) is 4.25. The second-order valence-electron chi connectivity index (χ2n) is 5.08. The molecule has 1 aliphatic heterocycles. The fourth-order valence-corrected chi connectivity index (χ4v) is 2.63. The molecule has 4 heteroatoms. The average Bonchev–Trinajstić information content (AvgIpc) is 2.56. The van der Waals surface area contributed by atoms with Gasteiger partial charge in [-0.25, -0.2) is 4.98 Å². The average molecular weight is 244 g/mol. The Kier molecular flexibility index (Phi) is 3.19. The van der Waals surface area contributed by atoms with Gasteiger partial charge in [-0.3, -0.25) is 0 Å². The minimum Gasteiger partial charge on any atom is -0.382 e. The highest BCUT2D eigenvalue weighted by molar-refractivity contribution is 5.79. The number of hydrogen-bond donors (Lipinski definition) is 3. The Hall–Kier alpha value is -1.55. The van der Waals surface area contributed by atoms with E-state index in [1.807, 2.05) is 6.92 Å². The van der Waals surface area contributed by atoms with Crippen molar-refractivity contribution in [3.05, 3.63) is 24.0 Å². The molecule has 0 saturated carbocycles. The van der Waals surface area contributed by atoms with Crippen LogP contribution in [0.2, 0.25) is 0 Å². The second-order valence-corrected chi connectivity index (χ2v) is 5.08. The lowest BCUT2D eigenvalue weighted by Crippen LogP contribution is -2.21. The van der Waals surface area contributed by atoms with Crippen LogP contribution in [0.25, 0.3) is 11.0 Å². The molecule has 2 heterocycles. The molecule has 0 aliphatic carbocycles. The molecule has 0 radical (unpaired) electrons. The molecule has 96 valence electrons. The van der Waals surface area contributed by atoms with Crippen LogP contribution in [-0.2, 0) is 0 Å². The molecule has 1 atom stereocenters. The van der Waals surface area contributed by atoms with Gasteiger partial charge in [-0.05, 0) is 57.5 Å². The number of H-pyrrole nitrogens is 1. The molecule has 4 nitrogen and oxygen atoms in total. The summed E-state index contributed by atoms with van der Waals surface area (Å²) in [6, 6.07) is 6.95. The highest BCUT2D eigenvalue weighted by atomic mass is 15.0. The van der Waals surface area contributed by atoms with E-state index in [4.69, 9.17) is 0 Å². The van der Waals surface area contributed by atoms with Crippen LogP contribution < -0.4 is 10.6 Å². The lowest BCUT2D eigenvalue weighted by Gasteiger charge is -2.17. The third-order valence-corrected chi connectivity index (χ3v) is 3.55. The summed E-state index contributed by atoms with van der Waals surface area (Å²) >= 11 is 0. The van der Waals surface area contributed by atoms with Gasteiger partial charge >= 0.3 is 0 Å². The fraction of sp³-hybridized carbons (Fsp3) is 0.500. The number of hydrogen-bond acceptors (Lipinski definition) is 3. The molecule has 1 fully saturated rings. The Balaban J connectivity index is 1.76. The SMILES string of the molecule is Cc1nc2ccc(NC3CCCNCC3)cc2[nH]1. The van der Waals surface area contributed by atoms with Gasteiger partial charge in [0.05, 0.1) is 11.0 Å². The quantitative estimate of drug-likeness (QED) is 0.760. The van der Waals surface area contributed by atoms with Crippen LogP contribution in [0.4, 0.5) is 5.69 Å². The molecule has 2 aromatic rings. The molecule has 0 amide bonds. The first-order chi connectivity index (χ1) is 8.81. The largest absolute Gasteiger partial charge is 0.382 e. The summed E-state index contributed by atoms with van der Waals surface area (Å²) < 4.78 is 0. The van der Waals surface area contributed by atoms with Crippen LogP contribution in [0.5, 0.6) is 0 Å². The van der Waals surface area contributed by atoms with Gasteiger partial charge in [0.25, 0.3) is 0 Å². The molecule has 1 aromatic heterocycles. The van der Waals surface area contributed by atoms with E-state index in [0.717, 1.165) is 29.9 Å². The molecule has 3 rings (SSSR count). The zero-order valence-electron chi connectivity index (χ0n) is 10.8. The minimum absolute atomic E-state index is 0.585. The number of nitrogens with zero attached hydrogens (tertiary/aromatic N) is 1. The van der Waals surface area contributed by atoms with Crippen molar-refractivity contribution >= 4 is 16.7 Å². The lowest BCUT2D eigenvalue weighted by molar-refractivity contribution is 0.638. The number of anilines is 1. The molecule has 1 aliphatic rings. The van der Waals surface area contributed by atoms with E-state index in [2.05, 4.69) is 38.8 Å². The number of aromatic amines is 1. The fourth-order valence-electron chi connectivity index (χ4n) is 2.63. The lowest BCUT2D eigenvalue weighted by atomic mass is 10.1. The summed E-state index contributed by atoms with van der Waals surface area (Å²) in [4.78, 5) is 7.71. The van der Waals surface area contributed by atoms with E-state index >= 15 is 0 Å². The number of fused-ring (bicyclic) bond motifs is 1. The Morgan fingerprint density at radius 1 is 1.28 bits per heavy atom. The summed E-state index contributed by atoms with van der Waals surface area (Å²) in [5, 5.41) is 7.07. The van der Waals surface area contributed by atoms with Crippen molar-refractivity contribution in [1.82, 2.24) is 15.3 Å². The standard InChI is InChI=1S/C14H20N4/c1-10-16-13-5-4-12(9-14(13)17-10)18-11-3-2-7-15-8-6-11/h4-5,9,11,15,18H,2-3,6-8H2,1H3,(H,16,17). The van der Waals surface area contributed by atoms with E-state index in [1.54, 1.807) is 0 Å². The van der Waals surface area contributed by atoms with E-state index in [9.17, 15) is 0 Å². The highest BCUT2D eigenvalue weighted by Gasteiger charge is 2.11. The normalized spacial score (nSPS) is 20.8. The van der Waals surface area contributed by atoms with Crippen molar-refractivity contribution in [3.8, 4) is 0 Å². The second kappa shape index (κ2) is 4.98. The predicted molar refractivity (Wildman–Crippen MR) is 75.0 cm³/mol. The monoisotopic (exact) mass is 244 g/mol. The Bertz CT molecular complexity index is 524.